The van der Waals surface area contributed by atoms with Gasteiger partial charge in [-0.3, -0.25) is 0 Å². The van der Waals surface area contributed by atoms with Crippen LogP contribution >= 0.6 is 12.2 Å². The Kier molecular flexibility index (Phi) is 6.50. The van der Waals surface area contributed by atoms with E-state index < -0.39 is 18.3 Å². The van der Waals surface area contributed by atoms with Crippen LogP contribution in [-0.2, 0) is 4.74 Å². The Morgan fingerprint density at radius 3 is 2.25 bits per heavy atom. The fraction of sp³-hybridized carbons (Fsp3) is 0.200. The van der Waals surface area contributed by atoms with E-state index in [4.69, 9.17) is 22.7 Å². The van der Waals surface area contributed by atoms with Crippen molar-refractivity contribution in [2.24, 2.45) is 5.73 Å². The van der Waals surface area contributed by atoms with Gasteiger partial charge in [0, 0.05) is 18.0 Å². The van der Waals surface area contributed by atoms with E-state index >= 15 is 0 Å². The number of fused-ring (bicyclic) bond motifs is 3. The lowest BCUT2D eigenvalue weighted by Crippen LogP contribution is -2.36. The van der Waals surface area contributed by atoms with Crippen LogP contribution in [0.5, 0.6) is 0 Å². The molecule has 2 unspecified atom stereocenters. The van der Waals surface area contributed by atoms with Crippen LogP contribution in [-0.4, -0.2) is 40.6 Å². The van der Waals surface area contributed by atoms with Crippen molar-refractivity contribution in [3.63, 3.8) is 0 Å². The summed E-state index contributed by atoms with van der Waals surface area (Å²) in [7, 11) is 0. The van der Waals surface area contributed by atoms with Gasteiger partial charge >= 0.3 is 6.09 Å². The maximum atomic E-state index is 12.3. The number of amides is 1. The second-order valence-corrected chi connectivity index (χ2v) is 8.15. The second-order valence-electron chi connectivity index (χ2n) is 7.71. The van der Waals surface area contributed by atoms with E-state index in [1.165, 1.54) is 0 Å². The number of nitrogens with two attached hydrogens (primary N) is 1. The number of nitrogens with one attached hydrogen (secondary N) is 1. The summed E-state index contributed by atoms with van der Waals surface area (Å²) in [6, 6.07) is 22.8. The van der Waals surface area contributed by atoms with Crippen molar-refractivity contribution < 1.29 is 19.7 Å². The molecule has 5 N–H and O–H groups in total. The smallest absolute Gasteiger partial charge is 0.407 e. The number of aliphatic hydroxyl groups excluding tert-OH is 2. The lowest BCUT2D eigenvalue weighted by molar-refractivity contribution is 0.0185. The molecule has 7 heteroatoms. The number of aliphatic hydroxyl groups is 2. The molecule has 0 radical (unpaired) electrons. The molecule has 164 valence electrons. The van der Waals surface area contributed by atoms with Gasteiger partial charge in [0.1, 0.15) is 23.8 Å². The number of carbonyl (C=O) groups excluding carboxylic acids is 1. The molecule has 4 rings (SSSR count). The van der Waals surface area contributed by atoms with Gasteiger partial charge in [-0.15, -0.1) is 0 Å². The molecule has 6 nitrogen and oxygen atoms in total. The monoisotopic (exact) mass is 448 g/mol. The number of alkyl carbamates (subject to hydrolysis) is 1. The molecule has 3 aromatic carbocycles. The summed E-state index contributed by atoms with van der Waals surface area (Å²) in [5, 5.41) is 23.2. The minimum Gasteiger partial charge on any atom is -0.449 e. The minimum absolute atomic E-state index is 0.0495. The molecule has 0 aromatic heterocycles. The summed E-state index contributed by atoms with van der Waals surface area (Å²) in [6.07, 6.45) is -3.09. The van der Waals surface area contributed by atoms with Gasteiger partial charge in [0.2, 0.25) is 0 Å². The number of thiocarbonyl (C=S) groups is 1. The predicted octanol–water partition coefficient (Wildman–Crippen LogP) is 3.25. The fourth-order valence-corrected chi connectivity index (χ4v) is 4.17. The lowest BCUT2D eigenvalue weighted by Gasteiger charge is -2.20. The number of carbonyl (C=O) groups is 1. The van der Waals surface area contributed by atoms with Crippen LogP contribution in [0.2, 0.25) is 0 Å². The number of hydrogen-bond acceptors (Lipinski definition) is 5. The molecule has 1 aliphatic carbocycles. The van der Waals surface area contributed by atoms with Crippen molar-refractivity contribution in [1.29, 1.82) is 0 Å². The maximum absolute atomic E-state index is 12.3. The number of hydrogen-bond donors (Lipinski definition) is 4. The number of ether oxygens (including phenoxy) is 1. The molecule has 32 heavy (non-hydrogen) atoms. The third kappa shape index (κ3) is 4.50. The quantitative estimate of drug-likeness (QED) is 0.414. The third-order valence-electron chi connectivity index (χ3n) is 5.68. The largest absolute Gasteiger partial charge is 0.449 e. The first-order valence-electron chi connectivity index (χ1n) is 10.3. The summed E-state index contributed by atoms with van der Waals surface area (Å²) in [4.78, 5) is 12.5. The van der Waals surface area contributed by atoms with E-state index in [0.717, 1.165) is 22.3 Å². The maximum Gasteiger partial charge on any atom is 0.407 e. The minimum atomic E-state index is -1.22. The molecule has 0 spiro atoms. The summed E-state index contributed by atoms with van der Waals surface area (Å²) < 4.78 is 5.45. The van der Waals surface area contributed by atoms with Crippen molar-refractivity contribution in [1.82, 2.24) is 5.32 Å². The van der Waals surface area contributed by atoms with E-state index in [9.17, 15) is 15.0 Å². The summed E-state index contributed by atoms with van der Waals surface area (Å²) in [5.74, 6) is -0.0495. The summed E-state index contributed by atoms with van der Waals surface area (Å²) in [6.45, 7) is 0.00361. The molecule has 0 bridgehead atoms. The zero-order valence-electron chi connectivity index (χ0n) is 17.3. The molecule has 1 aliphatic rings. The summed E-state index contributed by atoms with van der Waals surface area (Å²) >= 11 is 4.94. The Morgan fingerprint density at radius 2 is 1.62 bits per heavy atom. The van der Waals surface area contributed by atoms with Crippen molar-refractivity contribution in [2.75, 3.05) is 13.2 Å². The van der Waals surface area contributed by atoms with Gasteiger partial charge in [-0.2, -0.15) is 0 Å². The highest BCUT2D eigenvalue weighted by Crippen LogP contribution is 2.44. The average molecular weight is 449 g/mol. The normalized spacial score (nSPS) is 14.2. The van der Waals surface area contributed by atoms with Gasteiger partial charge in [0.05, 0.1) is 0 Å². The molecule has 0 saturated heterocycles. The van der Waals surface area contributed by atoms with Crippen LogP contribution < -0.4 is 11.1 Å². The van der Waals surface area contributed by atoms with Crippen molar-refractivity contribution in [2.45, 2.75) is 18.1 Å². The van der Waals surface area contributed by atoms with Crippen LogP contribution in [0.3, 0.4) is 0 Å². The SMILES string of the molecule is NC(=S)c1cccc(C(O)C(O)CNC(=O)OCC2c3ccccc3-c3ccccc32)c1. The van der Waals surface area contributed by atoms with Gasteiger partial charge in [0.15, 0.2) is 0 Å². The van der Waals surface area contributed by atoms with Crippen molar-refractivity contribution >= 4 is 23.3 Å². The van der Waals surface area contributed by atoms with Crippen LogP contribution in [0, 0.1) is 0 Å². The van der Waals surface area contributed by atoms with Gasteiger partial charge in [0.25, 0.3) is 0 Å². The number of benzene rings is 3. The highest BCUT2D eigenvalue weighted by Gasteiger charge is 2.29. The Morgan fingerprint density at radius 1 is 1.00 bits per heavy atom. The van der Waals surface area contributed by atoms with Crippen molar-refractivity contribution in [3.8, 4) is 11.1 Å². The summed E-state index contributed by atoms with van der Waals surface area (Å²) in [5.41, 5.74) is 11.2. The first-order chi connectivity index (χ1) is 15.5. The van der Waals surface area contributed by atoms with Crippen LogP contribution in [0.25, 0.3) is 11.1 Å². The molecular formula is C25H24N2O4S. The van der Waals surface area contributed by atoms with Gasteiger partial charge in [-0.1, -0.05) is 78.9 Å². The van der Waals surface area contributed by atoms with E-state index in [0.29, 0.717) is 11.1 Å². The molecule has 0 fully saturated rings. The van der Waals surface area contributed by atoms with E-state index in [1.807, 2.05) is 36.4 Å². The Labute approximate surface area is 191 Å². The highest BCUT2D eigenvalue weighted by atomic mass is 32.1. The predicted molar refractivity (Wildman–Crippen MR) is 126 cm³/mol. The topological polar surface area (TPSA) is 105 Å². The Balaban J connectivity index is 1.34. The van der Waals surface area contributed by atoms with Gasteiger partial charge in [-0.25, -0.2) is 4.79 Å². The van der Waals surface area contributed by atoms with Crippen molar-refractivity contribution in [3.05, 3.63) is 95.1 Å². The Hall–Kier alpha value is -3.26. The van der Waals surface area contributed by atoms with Gasteiger partial charge in [-0.05, 0) is 33.9 Å². The first-order valence-corrected chi connectivity index (χ1v) is 10.7. The fourth-order valence-electron chi connectivity index (χ4n) is 4.05. The molecular weight excluding hydrogens is 424 g/mol. The molecule has 0 aliphatic heterocycles. The molecule has 3 aromatic rings. The zero-order valence-corrected chi connectivity index (χ0v) is 18.1. The van der Waals surface area contributed by atoms with Gasteiger partial charge < -0.3 is 26.0 Å². The second kappa shape index (κ2) is 9.48. The van der Waals surface area contributed by atoms with Crippen LogP contribution in [0.15, 0.2) is 72.8 Å². The number of rotatable bonds is 7. The van der Waals surface area contributed by atoms with E-state index in [2.05, 4.69) is 17.4 Å². The van der Waals surface area contributed by atoms with Crippen LogP contribution in [0.4, 0.5) is 4.79 Å². The molecule has 0 saturated carbocycles. The highest BCUT2D eigenvalue weighted by molar-refractivity contribution is 7.80. The molecule has 2 atom stereocenters. The van der Waals surface area contributed by atoms with E-state index in [-0.39, 0.29) is 24.1 Å². The van der Waals surface area contributed by atoms with E-state index in [1.54, 1.807) is 24.3 Å². The third-order valence-corrected chi connectivity index (χ3v) is 5.91. The standard InChI is InChI=1S/C25H24N2O4S/c26-24(32)16-7-5-6-15(12-16)23(29)22(28)13-27-25(30)31-14-21-19-10-3-1-8-17(19)18-9-2-4-11-20(18)21/h1-12,21-23,28-29H,13-14H2,(H2,26,32)(H,27,30). The lowest BCUT2D eigenvalue weighted by atomic mass is 9.98. The van der Waals surface area contributed by atoms with Crippen LogP contribution in [0.1, 0.15) is 34.3 Å². The Bertz CT molecular complexity index is 1100. The average Bonchev–Trinajstić information content (AvgIpc) is 3.14. The first kappa shape index (κ1) is 22.0. The molecule has 0 heterocycles. The molecule has 1 amide bonds. The zero-order chi connectivity index (χ0) is 22.7.